The third kappa shape index (κ3) is 3.87. The van der Waals surface area contributed by atoms with Gasteiger partial charge in [-0.3, -0.25) is 0 Å². The van der Waals surface area contributed by atoms with Crippen molar-refractivity contribution in [1.82, 2.24) is 24.7 Å². The van der Waals surface area contributed by atoms with Gasteiger partial charge in [0.05, 0.1) is 7.11 Å². The second-order valence-electron chi connectivity index (χ2n) is 8.12. The zero-order valence-electron chi connectivity index (χ0n) is 19.4. The molecule has 2 aromatic carbocycles. The number of nitrogens with one attached hydrogen (secondary N) is 2. The van der Waals surface area contributed by atoms with Gasteiger partial charge >= 0.3 is 0 Å². The van der Waals surface area contributed by atoms with Crippen LogP contribution < -0.4 is 20.3 Å². The Morgan fingerprint density at radius 2 is 1.91 bits per heavy atom. The fourth-order valence-electron chi connectivity index (χ4n) is 4.20. The fourth-order valence-corrected chi connectivity index (χ4v) is 4.20. The maximum Gasteiger partial charge on any atom is 0.231 e. The second kappa shape index (κ2) is 8.62. The minimum absolute atomic E-state index is 0.210. The van der Waals surface area contributed by atoms with Crippen LogP contribution in [0.4, 0.5) is 33.3 Å². The summed E-state index contributed by atoms with van der Waals surface area (Å²) in [5.41, 5.74) is 3.45. The van der Waals surface area contributed by atoms with E-state index in [0.29, 0.717) is 17.5 Å². The first-order valence-electron chi connectivity index (χ1n) is 10.9. The topological polar surface area (TPSA) is 93.0 Å². The van der Waals surface area contributed by atoms with E-state index in [1.165, 1.54) is 12.1 Å². The second-order valence-corrected chi connectivity index (χ2v) is 8.12. The average Bonchev–Trinajstić information content (AvgIpc) is 3.42. The van der Waals surface area contributed by atoms with E-state index in [-0.39, 0.29) is 11.7 Å². The Bertz CT molecular complexity index is 1340. The maximum absolute atomic E-state index is 13.5. The Hall–Kier alpha value is -4.21. The molecule has 10 heteroatoms. The quantitative estimate of drug-likeness (QED) is 0.433. The lowest BCUT2D eigenvalue weighted by atomic mass is 10.1. The minimum Gasteiger partial charge on any atom is -0.494 e. The third-order valence-corrected chi connectivity index (χ3v) is 5.79. The molecule has 34 heavy (non-hydrogen) atoms. The fraction of sp³-hybridized carbons (Fsp3) is 0.250. The molecule has 9 nitrogen and oxygen atoms in total. The number of rotatable bonds is 6. The summed E-state index contributed by atoms with van der Waals surface area (Å²) >= 11 is 0. The van der Waals surface area contributed by atoms with Gasteiger partial charge in [-0.05, 0) is 43.3 Å². The van der Waals surface area contributed by atoms with Crippen molar-refractivity contribution in [2.45, 2.75) is 19.8 Å². The average molecular weight is 461 g/mol. The predicted octanol–water partition coefficient (Wildman–Crippen LogP) is 4.55. The van der Waals surface area contributed by atoms with Gasteiger partial charge in [0.25, 0.3) is 0 Å². The van der Waals surface area contributed by atoms with E-state index in [1.54, 1.807) is 30.3 Å². The van der Waals surface area contributed by atoms with Gasteiger partial charge in [0.1, 0.15) is 41.0 Å². The smallest absolute Gasteiger partial charge is 0.231 e. The van der Waals surface area contributed by atoms with Crippen LogP contribution in [0.1, 0.15) is 24.2 Å². The summed E-state index contributed by atoms with van der Waals surface area (Å²) in [4.78, 5) is 15.8. The number of aromatic nitrogens is 5. The van der Waals surface area contributed by atoms with E-state index >= 15 is 0 Å². The van der Waals surface area contributed by atoms with E-state index in [2.05, 4.69) is 32.5 Å². The molecule has 0 bridgehead atoms. The number of methoxy groups -OCH3 is 1. The van der Waals surface area contributed by atoms with Crippen molar-refractivity contribution in [3.05, 3.63) is 66.0 Å². The highest BCUT2D eigenvalue weighted by Gasteiger charge is 2.32. The Kier molecular flexibility index (Phi) is 5.48. The normalized spacial score (nSPS) is 14.7. The highest BCUT2D eigenvalue weighted by Crippen LogP contribution is 2.43. The van der Waals surface area contributed by atoms with Gasteiger partial charge in [-0.2, -0.15) is 15.1 Å². The molecule has 1 unspecified atom stereocenters. The van der Waals surface area contributed by atoms with Gasteiger partial charge in [-0.15, -0.1) is 0 Å². The monoisotopic (exact) mass is 460 g/mol. The van der Waals surface area contributed by atoms with Crippen molar-refractivity contribution in [2.75, 3.05) is 36.2 Å². The SMILES string of the molecule is CNc1nc(Nc2ccc(-n3cnc(C)n3)c(OC)c2)nc2c1C(C)CN2c1ccc(F)cc1. The van der Waals surface area contributed by atoms with Crippen LogP contribution in [0.5, 0.6) is 5.75 Å². The Morgan fingerprint density at radius 3 is 2.59 bits per heavy atom. The van der Waals surface area contributed by atoms with Gasteiger partial charge in [-0.1, -0.05) is 6.92 Å². The van der Waals surface area contributed by atoms with Crippen LogP contribution in [0.3, 0.4) is 0 Å². The number of hydrogen-bond acceptors (Lipinski definition) is 8. The third-order valence-electron chi connectivity index (χ3n) is 5.79. The number of nitrogens with zero attached hydrogens (tertiary/aromatic N) is 6. The summed E-state index contributed by atoms with van der Waals surface area (Å²) in [6, 6.07) is 12.1. The van der Waals surface area contributed by atoms with Crippen molar-refractivity contribution in [3.63, 3.8) is 0 Å². The molecule has 0 amide bonds. The molecule has 5 rings (SSSR count). The lowest BCUT2D eigenvalue weighted by molar-refractivity contribution is 0.412. The minimum atomic E-state index is -0.268. The van der Waals surface area contributed by atoms with Crippen molar-refractivity contribution in [2.24, 2.45) is 0 Å². The summed E-state index contributed by atoms with van der Waals surface area (Å²) < 4.78 is 20.7. The van der Waals surface area contributed by atoms with E-state index in [0.717, 1.165) is 40.8 Å². The van der Waals surface area contributed by atoms with E-state index in [1.807, 2.05) is 32.2 Å². The van der Waals surface area contributed by atoms with Crippen molar-refractivity contribution in [1.29, 1.82) is 0 Å². The molecule has 0 aliphatic carbocycles. The lowest BCUT2D eigenvalue weighted by Gasteiger charge is -2.20. The first-order valence-corrected chi connectivity index (χ1v) is 10.9. The number of aryl methyl sites for hydroxylation is 1. The van der Waals surface area contributed by atoms with Crippen LogP contribution in [0, 0.1) is 12.7 Å². The number of hydrogen-bond donors (Lipinski definition) is 2. The molecule has 1 aliphatic rings. The molecule has 1 atom stereocenters. The molecule has 174 valence electrons. The first-order chi connectivity index (χ1) is 16.5. The predicted molar refractivity (Wildman–Crippen MR) is 129 cm³/mol. The number of benzene rings is 2. The highest BCUT2D eigenvalue weighted by atomic mass is 19.1. The van der Waals surface area contributed by atoms with Crippen LogP contribution >= 0.6 is 0 Å². The molecule has 4 aromatic rings. The number of fused-ring (bicyclic) bond motifs is 1. The molecule has 3 heterocycles. The summed E-state index contributed by atoms with van der Waals surface area (Å²) in [7, 11) is 3.46. The molecule has 1 aliphatic heterocycles. The van der Waals surface area contributed by atoms with Crippen molar-refractivity contribution >= 4 is 29.0 Å². The Labute approximate surface area is 196 Å². The van der Waals surface area contributed by atoms with E-state index in [4.69, 9.17) is 14.7 Å². The highest BCUT2D eigenvalue weighted by molar-refractivity contribution is 5.75. The van der Waals surface area contributed by atoms with Gasteiger partial charge in [0, 0.05) is 42.5 Å². The molecule has 0 radical (unpaired) electrons. The Morgan fingerprint density at radius 1 is 1.12 bits per heavy atom. The molecule has 0 saturated heterocycles. The summed E-state index contributed by atoms with van der Waals surface area (Å²) in [6.45, 7) is 4.70. The largest absolute Gasteiger partial charge is 0.494 e. The molecule has 2 aromatic heterocycles. The number of anilines is 5. The van der Waals surface area contributed by atoms with Crippen LogP contribution in [-0.4, -0.2) is 45.4 Å². The standard InChI is InChI=1S/C24H25FN8O/c1-14-12-32(18-8-5-16(25)6-9-18)23-21(14)22(26-3)29-24(30-23)28-17-7-10-19(20(11-17)34-4)33-13-27-15(2)31-33/h5-11,13-14H,12H2,1-4H3,(H2,26,28,29,30). The van der Waals surface area contributed by atoms with Gasteiger partial charge in [0.15, 0.2) is 0 Å². The van der Waals surface area contributed by atoms with Gasteiger partial charge in [-0.25, -0.2) is 14.1 Å². The van der Waals surface area contributed by atoms with Gasteiger partial charge < -0.3 is 20.3 Å². The van der Waals surface area contributed by atoms with Crippen LogP contribution in [0.15, 0.2) is 48.8 Å². The zero-order valence-corrected chi connectivity index (χ0v) is 19.4. The van der Waals surface area contributed by atoms with Gasteiger partial charge in [0.2, 0.25) is 5.95 Å². The molecule has 0 spiro atoms. The number of ether oxygens (including phenoxy) is 1. The van der Waals surface area contributed by atoms with Crippen LogP contribution in [-0.2, 0) is 0 Å². The summed E-state index contributed by atoms with van der Waals surface area (Å²) in [5.74, 6) is 3.24. The maximum atomic E-state index is 13.5. The lowest BCUT2D eigenvalue weighted by Crippen LogP contribution is -2.16. The molecular weight excluding hydrogens is 435 g/mol. The summed E-state index contributed by atoms with van der Waals surface area (Å²) in [5, 5.41) is 10.8. The first kappa shape index (κ1) is 21.6. The molecule has 2 N–H and O–H groups in total. The molecular formula is C24H25FN8O. The molecule has 0 saturated carbocycles. The summed E-state index contributed by atoms with van der Waals surface area (Å²) in [6.07, 6.45) is 1.65. The van der Waals surface area contributed by atoms with E-state index < -0.39 is 0 Å². The van der Waals surface area contributed by atoms with Crippen LogP contribution in [0.2, 0.25) is 0 Å². The van der Waals surface area contributed by atoms with Crippen LogP contribution in [0.25, 0.3) is 5.69 Å². The Balaban J connectivity index is 1.50. The molecule has 0 fully saturated rings. The number of halogens is 1. The van der Waals surface area contributed by atoms with Crippen molar-refractivity contribution < 1.29 is 9.13 Å². The van der Waals surface area contributed by atoms with Crippen molar-refractivity contribution in [3.8, 4) is 11.4 Å². The zero-order chi connectivity index (χ0) is 23.8. The van der Waals surface area contributed by atoms with E-state index in [9.17, 15) is 4.39 Å².